The zero-order chi connectivity index (χ0) is 21.4. The SMILES string of the molecule is CC(C)(C)OC(=O)NC(C)(C)c1ccc(-c2ccc3[nH]nc(C(=O)O)c3c2)cc1. The van der Waals surface area contributed by atoms with Gasteiger partial charge in [0.1, 0.15) is 5.60 Å². The van der Waals surface area contributed by atoms with Gasteiger partial charge in [-0.25, -0.2) is 9.59 Å². The highest BCUT2D eigenvalue weighted by Gasteiger charge is 2.26. The van der Waals surface area contributed by atoms with Crippen molar-refractivity contribution in [1.29, 1.82) is 0 Å². The number of carbonyl (C=O) groups is 2. The Morgan fingerprint density at radius 3 is 2.21 bits per heavy atom. The van der Waals surface area contributed by atoms with Gasteiger partial charge < -0.3 is 15.2 Å². The number of nitrogens with zero attached hydrogens (tertiary/aromatic N) is 1. The molecule has 7 heteroatoms. The van der Waals surface area contributed by atoms with E-state index in [1.165, 1.54) is 0 Å². The summed E-state index contributed by atoms with van der Waals surface area (Å²) in [6.45, 7) is 9.27. The molecular weight excluding hydrogens is 370 g/mol. The zero-order valence-electron chi connectivity index (χ0n) is 17.2. The van der Waals surface area contributed by atoms with E-state index in [9.17, 15) is 14.7 Å². The quantitative estimate of drug-likeness (QED) is 0.594. The van der Waals surface area contributed by atoms with Crippen molar-refractivity contribution >= 4 is 23.0 Å². The molecule has 0 fully saturated rings. The molecule has 0 aliphatic rings. The summed E-state index contributed by atoms with van der Waals surface area (Å²) in [6.07, 6.45) is -0.474. The number of aromatic carboxylic acids is 1. The summed E-state index contributed by atoms with van der Waals surface area (Å²) in [5.41, 5.74) is 2.22. The first kappa shape index (κ1) is 20.4. The van der Waals surface area contributed by atoms with Crippen LogP contribution in [0.4, 0.5) is 4.79 Å². The first-order chi connectivity index (χ1) is 13.5. The Kier molecular flexibility index (Phi) is 5.09. The van der Waals surface area contributed by atoms with Gasteiger partial charge in [-0.3, -0.25) is 5.10 Å². The number of alkyl carbamates (subject to hydrolysis) is 1. The fourth-order valence-corrected chi connectivity index (χ4v) is 3.07. The summed E-state index contributed by atoms with van der Waals surface area (Å²) in [5, 5.41) is 19.3. The van der Waals surface area contributed by atoms with Gasteiger partial charge in [0.25, 0.3) is 0 Å². The minimum Gasteiger partial charge on any atom is -0.476 e. The summed E-state index contributed by atoms with van der Waals surface area (Å²) in [5.74, 6) is -1.07. The third kappa shape index (κ3) is 4.56. The highest BCUT2D eigenvalue weighted by atomic mass is 16.6. The Morgan fingerprint density at radius 2 is 1.62 bits per heavy atom. The molecule has 1 heterocycles. The molecule has 0 aliphatic carbocycles. The zero-order valence-corrected chi connectivity index (χ0v) is 17.2. The molecule has 0 aliphatic heterocycles. The Labute approximate surface area is 169 Å². The van der Waals surface area contributed by atoms with Crippen molar-refractivity contribution in [2.45, 2.75) is 45.8 Å². The number of carboxylic acid groups (broad SMARTS) is 1. The van der Waals surface area contributed by atoms with Gasteiger partial charge in [0.05, 0.1) is 11.1 Å². The van der Waals surface area contributed by atoms with E-state index in [2.05, 4.69) is 15.5 Å². The molecule has 0 saturated heterocycles. The lowest BCUT2D eigenvalue weighted by Crippen LogP contribution is -2.43. The number of aromatic amines is 1. The standard InChI is InChI=1S/C22H25N3O4/c1-21(2,3)29-20(28)23-22(4,5)15-9-6-13(7-10-15)14-8-11-17-16(12-14)18(19(26)27)25-24-17/h6-12H,1-5H3,(H,23,28)(H,24,25)(H,26,27). The van der Waals surface area contributed by atoms with Crippen molar-refractivity contribution in [2.24, 2.45) is 0 Å². The maximum Gasteiger partial charge on any atom is 0.408 e. The van der Waals surface area contributed by atoms with Gasteiger partial charge in [0.15, 0.2) is 5.69 Å². The molecule has 3 N–H and O–H groups in total. The minimum absolute atomic E-state index is 0.00108. The number of fused-ring (bicyclic) bond motifs is 1. The number of carbonyl (C=O) groups excluding carboxylic acids is 1. The number of hydrogen-bond donors (Lipinski definition) is 3. The number of benzene rings is 2. The van der Waals surface area contributed by atoms with E-state index in [4.69, 9.17) is 4.74 Å². The number of amides is 1. The fourth-order valence-electron chi connectivity index (χ4n) is 3.07. The second kappa shape index (κ2) is 7.24. The highest BCUT2D eigenvalue weighted by Crippen LogP contribution is 2.28. The molecule has 0 atom stereocenters. The minimum atomic E-state index is -1.07. The van der Waals surface area contributed by atoms with E-state index in [0.29, 0.717) is 10.9 Å². The highest BCUT2D eigenvalue weighted by molar-refractivity contribution is 6.02. The van der Waals surface area contributed by atoms with Crippen LogP contribution in [-0.4, -0.2) is 33.0 Å². The van der Waals surface area contributed by atoms with E-state index < -0.39 is 23.2 Å². The normalized spacial score (nSPS) is 12.0. The molecule has 0 spiro atoms. The fraction of sp³-hybridized carbons (Fsp3) is 0.318. The van der Waals surface area contributed by atoms with E-state index in [1.54, 1.807) is 6.07 Å². The molecule has 0 saturated carbocycles. The van der Waals surface area contributed by atoms with Gasteiger partial charge in [0, 0.05) is 5.39 Å². The summed E-state index contributed by atoms with van der Waals surface area (Å²) in [4.78, 5) is 23.5. The Balaban J connectivity index is 1.84. The number of nitrogens with one attached hydrogen (secondary N) is 2. The van der Waals surface area contributed by atoms with Crippen molar-refractivity contribution in [1.82, 2.24) is 15.5 Å². The summed E-state index contributed by atoms with van der Waals surface area (Å²) < 4.78 is 5.34. The van der Waals surface area contributed by atoms with Crippen LogP contribution in [0.15, 0.2) is 42.5 Å². The summed E-state index contributed by atoms with van der Waals surface area (Å²) >= 11 is 0. The molecule has 0 unspecified atom stereocenters. The molecule has 1 aromatic heterocycles. The maximum atomic E-state index is 12.1. The molecule has 152 valence electrons. The number of aromatic nitrogens is 2. The van der Waals surface area contributed by atoms with Crippen molar-refractivity contribution in [3.8, 4) is 11.1 Å². The number of ether oxygens (including phenoxy) is 1. The van der Waals surface area contributed by atoms with Crippen LogP contribution < -0.4 is 5.32 Å². The first-order valence-corrected chi connectivity index (χ1v) is 9.30. The molecule has 2 aromatic carbocycles. The van der Waals surface area contributed by atoms with Crippen LogP contribution in [0.1, 0.15) is 50.7 Å². The largest absolute Gasteiger partial charge is 0.476 e. The lowest BCUT2D eigenvalue weighted by molar-refractivity contribution is 0.0470. The molecule has 3 aromatic rings. The lowest BCUT2D eigenvalue weighted by atomic mass is 9.92. The van der Waals surface area contributed by atoms with Crippen LogP contribution in [0.3, 0.4) is 0 Å². The lowest BCUT2D eigenvalue weighted by Gasteiger charge is -2.29. The van der Waals surface area contributed by atoms with Crippen LogP contribution in [-0.2, 0) is 10.3 Å². The van der Waals surface area contributed by atoms with Gasteiger partial charge in [-0.1, -0.05) is 30.3 Å². The smallest absolute Gasteiger partial charge is 0.408 e. The monoisotopic (exact) mass is 395 g/mol. The number of carboxylic acids is 1. The summed E-state index contributed by atoms with van der Waals surface area (Å²) in [7, 11) is 0. The first-order valence-electron chi connectivity index (χ1n) is 9.30. The van der Waals surface area contributed by atoms with E-state index in [0.717, 1.165) is 16.7 Å². The van der Waals surface area contributed by atoms with Gasteiger partial charge in [-0.05, 0) is 63.4 Å². The van der Waals surface area contributed by atoms with E-state index >= 15 is 0 Å². The van der Waals surface area contributed by atoms with Crippen molar-refractivity contribution in [3.63, 3.8) is 0 Å². The number of rotatable bonds is 4. The second-order valence-corrected chi connectivity index (χ2v) is 8.47. The Morgan fingerprint density at radius 1 is 1.00 bits per heavy atom. The van der Waals surface area contributed by atoms with Crippen molar-refractivity contribution in [2.75, 3.05) is 0 Å². The average Bonchev–Trinajstić information content (AvgIpc) is 3.03. The third-order valence-corrected chi connectivity index (χ3v) is 4.52. The molecule has 0 radical (unpaired) electrons. The van der Waals surface area contributed by atoms with Gasteiger partial charge >= 0.3 is 12.1 Å². The van der Waals surface area contributed by atoms with E-state index in [-0.39, 0.29) is 5.69 Å². The molecule has 1 amide bonds. The van der Waals surface area contributed by atoms with Gasteiger partial charge in [-0.2, -0.15) is 5.10 Å². The number of hydrogen-bond acceptors (Lipinski definition) is 4. The van der Waals surface area contributed by atoms with E-state index in [1.807, 2.05) is 71.0 Å². The van der Waals surface area contributed by atoms with Gasteiger partial charge in [0.2, 0.25) is 0 Å². The predicted molar refractivity (Wildman–Crippen MR) is 111 cm³/mol. The number of H-pyrrole nitrogens is 1. The van der Waals surface area contributed by atoms with Crippen LogP contribution >= 0.6 is 0 Å². The van der Waals surface area contributed by atoms with Crippen LogP contribution in [0.25, 0.3) is 22.0 Å². The Hall–Kier alpha value is -3.35. The third-order valence-electron chi connectivity index (χ3n) is 4.52. The van der Waals surface area contributed by atoms with Gasteiger partial charge in [-0.15, -0.1) is 0 Å². The van der Waals surface area contributed by atoms with Crippen molar-refractivity contribution < 1.29 is 19.4 Å². The topological polar surface area (TPSA) is 104 Å². The molecule has 0 bridgehead atoms. The Bertz CT molecular complexity index is 1060. The summed E-state index contributed by atoms with van der Waals surface area (Å²) in [6, 6.07) is 13.3. The molecule has 29 heavy (non-hydrogen) atoms. The predicted octanol–water partition coefficient (Wildman–Crippen LogP) is 4.69. The molecule has 3 rings (SSSR count). The molecule has 7 nitrogen and oxygen atoms in total. The van der Waals surface area contributed by atoms with Crippen molar-refractivity contribution in [3.05, 3.63) is 53.7 Å². The van der Waals surface area contributed by atoms with Crippen LogP contribution in [0.5, 0.6) is 0 Å². The maximum absolute atomic E-state index is 12.1. The van der Waals surface area contributed by atoms with Crippen LogP contribution in [0, 0.1) is 0 Å². The molecular formula is C22H25N3O4. The van der Waals surface area contributed by atoms with Crippen LogP contribution in [0.2, 0.25) is 0 Å². The second-order valence-electron chi connectivity index (χ2n) is 8.47. The average molecular weight is 395 g/mol.